The summed E-state index contributed by atoms with van der Waals surface area (Å²) in [6, 6.07) is 0. The molecule has 0 atom stereocenters. The van der Waals surface area contributed by atoms with E-state index < -0.39 is 0 Å². The van der Waals surface area contributed by atoms with Gasteiger partial charge in [-0.2, -0.15) is 0 Å². The highest BCUT2D eigenvalue weighted by Crippen LogP contribution is 1.99. The average Bonchev–Trinajstić information content (AvgIpc) is 2.25. The molecule has 3 nitrogen and oxygen atoms in total. The molecular weight excluding hydrogens is 128 g/mol. The third-order valence-corrected chi connectivity index (χ3v) is 1.48. The zero-order valence-electron chi connectivity index (χ0n) is 6.59. The van der Waals surface area contributed by atoms with Gasteiger partial charge in [-0.05, 0) is 13.8 Å². The molecule has 56 valence electrons. The third-order valence-electron chi connectivity index (χ3n) is 1.48. The van der Waals surface area contributed by atoms with Gasteiger partial charge in [-0.3, -0.25) is 0 Å². The van der Waals surface area contributed by atoms with Crippen LogP contribution in [0.5, 0.6) is 0 Å². The molecule has 0 aliphatic rings. The van der Waals surface area contributed by atoms with Crippen molar-refractivity contribution in [1.29, 1.82) is 0 Å². The molecule has 0 radical (unpaired) electrons. The summed E-state index contributed by atoms with van der Waals surface area (Å²) < 4.78 is 2.01. The van der Waals surface area contributed by atoms with E-state index in [0.717, 1.165) is 5.69 Å². The number of nitrogens with zero attached hydrogens (tertiary/aromatic N) is 2. The molecule has 0 amide bonds. The standard InChI is InChI=1S/C6H10N2.CH2O/c1-5-6(2)8(3)4-7-5;1-2/h4H,1-3H3;1H2. The monoisotopic (exact) mass is 140 g/mol. The van der Waals surface area contributed by atoms with Gasteiger partial charge in [0.15, 0.2) is 0 Å². The summed E-state index contributed by atoms with van der Waals surface area (Å²) in [7, 11) is 2.00. The molecule has 3 heteroatoms. The second-order valence-corrected chi connectivity index (χ2v) is 2.03. The van der Waals surface area contributed by atoms with Gasteiger partial charge in [0.1, 0.15) is 6.79 Å². The normalized spacial score (nSPS) is 8.30. The predicted octanol–water partition coefficient (Wildman–Crippen LogP) is 0.852. The van der Waals surface area contributed by atoms with Crippen LogP contribution >= 0.6 is 0 Å². The smallest absolute Gasteiger partial charge is 0.106 e. The van der Waals surface area contributed by atoms with Gasteiger partial charge in [0.05, 0.1) is 12.0 Å². The highest BCUT2D eigenvalue weighted by atomic mass is 16.1. The Morgan fingerprint density at radius 3 is 2.10 bits per heavy atom. The van der Waals surface area contributed by atoms with Gasteiger partial charge in [-0.1, -0.05) is 0 Å². The van der Waals surface area contributed by atoms with Gasteiger partial charge in [-0.15, -0.1) is 0 Å². The Hall–Kier alpha value is -1.12. The molecule has 0 aliphatic heterocycles. The van der Waals surface area contributed by atoms with Crippen LogP contribution in [0.3, 0.4) is 0 Å². The minimum absolute atomic E-state index is 1.12. The van der Waals surface area contributed by atoms with Crippen molar-refractivity contribution in [2.24, 2.45) is 7.05 Å². The van der Waals surface area contributed by atoms with Gasteiger partial charge < -0.3 is 9.36 Å². The zero-order chi connectivity index (χ0) is 8.15. The van der Waals surface area contributed by atoms with Gasteiger partial charge in [0.2, 0.25) is 0 Å². The molecule has 1 aromatic rings. The lowest BCUT2D eigenvalue weighted by atomic mass is 10.4. The lowest BCUT2D eigenvalue weighted by molar-refractivity contribution is -0.0979. The summed E-state index contributed by atoms with van der Waals surface area (Å²) in [5.74, 6) is 0. The Labute approximate surface area is 60.7 Å². The van der Waals surface area contributed by atoms with E-state index in [1.165, 1.54) is 5.69 Å². The molecule has 0 fully saturated rings. The molecule has 0 aromatic carbocycles. The maximum Gasteiger partial charge on any atom is 0.106 e. The first kappa shape index (κ1) is 8.88. The molecule has 1 heterocycles. The van der Waals surface area contributed by atoms with Crippen LogP contribution < -0.4 is 0 Å². The van der Waals surface area contributed by atoms with Crippen molar-refractivity contribution in [2.45, 2.75) is 13.8 Å². The minimum atomic E-state index is 1.12. The number of hydrogen-bond donors (Lipinski definition) is 0. The van der Waals surface area contributed by atoms with Crippen LogP contribution in [0.1, 0.15) is 11.4 Å². The molecular formula is C7H12N2O. The van der Waals surface area contributed by atoms with Crippen molar-refractivity contribution in [3.05, 3.63) is 17.7 Å². The SMILES string of the molecule is C=O.Cc1ncn(C)c1C. The molecule has 10 heavy (non-hydrogen) atoms. The average molecular weight is 140 g/mol. The number of rotatable bonds is 0. The van der Waals surface area contributed by atoms with Crippen molar-refractivity contribution in [3.63, 3.8) is 0 Å². The second kappa shape index (κ2) is 3.82. The van der Waals surface area contributed by atoms with E-state index in [-0.39, 0.29) is 0 Å². The van der Waals surface area contributed by atoms with E-state index in [1.807, 2.05) is 31.7 Å². The van der Waals surface area contributed by atoms with E-state index in [1.54, 1.807) is 0 Å². The number of aryl methyl sites for hydroxylation is 2. The van der Waals surface area contributed by atoms with E-state index in [9.17, 15) is 0 Å². The lowest BCUT2D eigenvalue weighted by Crippen LogP contribution is -1.87. The van der Waals surface area contributed by atoms with Crippen molar-refractivity contribution >= 4 is 6.79 Å². The number of aromatic nitrogens is 2. The van der Waals surface area contributed by atoms with Crippen LogP contribution in [0.4, 0.5) is 0 Å². The quantitative estimate of drug-likeness (QED) is 0.535. The highest BCUT2D eigenvalue weighted by Gasteiger charge is 1.93. The Kier molecular flexibility index (Phi) is 3.39. The molecule has 0 spiro atoms. The van der Waals surface area contributed by atoms with Crippen LogP contribution in [-0.2, 0) is 11.8 Å². The first-order valence-electron chi connectivity index (χ1n) is 2.95. The zero-order valence-corrected chi connectivity index (χ0v) is 6.59. The van der Waals surface area contributed by atoms with Crippen molar-refractivity contribution in [3.8, 4) is 0 Å². The predicted molar refractivity (Wildman–Crippen MR) is 39.8 cm³/mol. The molecule has 0 saturated heterocycles. The van der Waals surface area contributed by atoms with Crippen LogP contribution in [0, 0.1) is 13.8 Å². The van der Waals surface area contributed by atoms with Gasteiger partial charge >= 0.3 is 0 Å². The van der Waals surface area contributed by atoms with Crippen LogP contribution in [0.25, 0.3) is 0 Å². The number of hydrogen-bond acceptors (Lipinski definition) is 2. The van der Waals surface area contributed by atoms with E-state index >= 15 is 0 Å². The van der Waals surface area contributed by atoms with E-state index in [4.69, 9.17) is 4.79 Å². The summed E-state index contributed by atoms with van der Waals surface area (Å²) in [4.78, 5) is 12.1. The van der Waals surface area contributed by atoms with E-state index in [0.29, 0.717) is 0 Å². The molecule has 0 saturated carbocycles. The summed E-state index contributed by atoms with van der Waals surface area (Å²) in [6.07, 6.45) is 1.82. The summed E-state index contributed by atoms with van der Waals surface area (Å²) in [5, 5.41) is 0. The Balaban J connectivity index is 0.000000371. The molecule has 0 unspecified atom stereocenters. The van der Waals surface area contributed by atoms with E-state index in [2.05, 4.69) is 11.9 Å². The maximum absolute atomic E-state index is 8.00. The first-order chi connectivity index (χ1) is 4.72. The van der Waals surface area contributed by atoms with Gasteiger partial charge in [0, 0.05) is 12.7 Å². The summed E-state index contributed by atoms with van der Waals surface area (Å²) in [6.45, 7) is 6.07. The third kappa shape index (κ3) is 1.69. The topological polar surface area (TPSA) is 34.9 Å². The van der Waals surface area contributed by atoms with Crippen molar-refractivity contribution in [2.75, 3.05) is 0 Å². The molecule has 1 rings (SSSR count). The Bertz CT molecular complexity index is 186. The second-order valence-electron chi connectivity index (χ2n) is 2.03. The van der Waals surface area contributed by atoms with Crippen molar-refractivity contribution < 1.29 is 4.79 Å². The van der Waals surface area contributed by atoms with Crippen LogP contribution in [-0.4, -0.2) is 16.3 Å². The van der Waals surface area contributed by atoms with Gasteiger partial charge in [0.25, 0.3) is 0 Å². The summed E-state index contributed by atoms with van der Waals surface area (Å²) in [5.41, 5.74) is 2.36. The van der Waals surface area contributed by atoms with Crippen LogP contribution in [0.15, 0.2) is 6.33 Å². The Morgan fingerprint density at radius 2 is 2.00 bits per heavy atom. The molecule has 0 bridgehead atoms. The first-order valence-corrected chi connectivity index (χ1v) is 2.95. The van der Waals surface area contributed by atoms with Crippen molar-refractivity contribution in [1.82, 2.24) is 9.55 Å². The fourth-order valence-electron chi connectivity index (χ4n) is 0.608. The van der Waals surface area contributed by atoms with Gasteiger partial charge in [-0.25, -0.2) is 4.98 Å². The minimum Gasteiger partial charge on any atom is -0.338 e. The number of imidazole rings is 1. The Morgan fingerprint density at radius 1 is 1.50 bits per heavy atom. The number of carbonyl (C=O) groups is 1. The maximum atomic E-state index is 8.00. The molecule has 1 aromatic heterocycles. The summed E-state index contributed by atoms with van der Waals surface area (Å²) >= 11 is 0. The highest BCUT2D eigenvalue weighted by molar-refractivity contribution is 5.11. The van der Waals surface area contributed by atoms with Crippen LogP contribution in [0.2, 0.25) is 0 Å². The fourth-order valence-corrected chi connectivity index (χ4v) is 0.608. The number of carbonyl (C=O) groups excluding carboxylic acids is 1. The lowest BCUT2D eigenvalue weighted by Gasteiger charge is -1.90. The largest absolute Gasteiger partial charge is 0.338 e. The fraction of sp³-hybridized carbons (Fsp3) is 0.429. The molecule has 0 N–H and O–H groups in total. The molecule has 0 aliphatic carbocycles.